The topological polar surface area (TPSA) is 136 Å². The summed E-state index contributed by atoms with van der Waals surface area (Å²) in [5.74, 6) is -0.733. The molecule has 0 aliphatic carbocycles. The van der Waals surface area contributed by atoms with Gasteiger partial charge in [0, 0.05) is 12.6 Å². The van der Waals surface area contributed by atoms with Crippen LogP contribution in [0.5, 0.6) is 0 Å². The fourth-order valence-corrected chi connectivity index (χ4v) is 1.53. The number of aliphatic hydroxyl groups is 2. The third-order valence-electron chi connectivity index (χ3n) is 2.57. The van der Waals surface area contributed by atoms with E-state index in [-0.39, 0.29) is 17.7 Å². The Morgan fingerprint density at radius 1 is 1.53 bits per heavy atom. The number of aliphatic hydroxyl groups excluding tert-OH is 2. The molecule has 0 radical (unpaired) electrons. The van der Waals surface area contributed by atoms with Crippen LogP contribution in [0.15, 0.2) is 18.2 Å². The molecule has 0 bridgehead atoms. The minimum atomic E-state index is -1.50. The molecule has 0 saturated carbocycles. The number of nitrogens with two attached hydrogens (primary N) is 1. The Hall–Kier alpha value is -2.03. The van der Waals surface area contributed by atoms with Gasteiger partial charge in [-0.2, -0.15) is 0 Å². The quantitative estimate of drug-likeness (QED) is 0.380. The number of ether oxygens (including phenoxy) is 1. The van der Waals surface area contributed by atoms with Gasteiger partial charge < -0.3 is 20.7 Å². The number of carbonyl (C=O) groups is 1. The number of esters is 1. The first-order valence-corrected chi connectivity index (χ1v) is 5.35. The summed E-state index contributed by atoms with van der Waals surface area (Å²) < 4.78 is 4.45. The van der Waals surface area contributed by atoms with Crippen LogP contribution in [-0.2, 0) is 4.74 Å². The summed E-state index contributed by atoms with van der Waals surface area (Å²) in [6, 6.07) is 3.43. The van der Waals surface area contributed by atoms with Crippen molar-refractivity contribution in [3.8, 4) is 0 Å². The van der Waals surface area contributed by atoms with E-state index in [1.54, 1.807) is 0 Å². The lowest BCUT2D eigenvalue weighted by Crippen LogP contribution is -2.27. The van der Waals surface area contributed by atoms with Gasteiger partial charge in [0.1, 0.15) is 6.10 Å². The number of carbonyl (C=O) groups excluding carboxylic acids is 1. The van der Waals surface area contributed by atoms with Crippen LogP contribution in [-0.4, -0.2) is 40.9 Å². The van der Waals surface area contributed by atoms with Crippen LogP contribution >= 0.6 is 0 Å². The zero-order chi connectivity index (χ0) is 14.6. The molecule has 4 N–H and O–H groups in total. The molecule has 0 amide bonds. The first-order valence-electron chi connectivity index (χ1n) is 5.35. The summed E-state index contributed by atoms with van der Waals surface area (Å²) in [4.78, 5) is 21.5. The Morgan fingerprint density at radius 2 is 2.16 bits per heavy atom. The molecule has 0 fully saturated rings. The first-order chi connectivity index (χ1) is 8.92. The van der Waals surface area contributed by atoms with E-state index in [1.807, 2.05) is 0 Å². The summed E-state index contributed by atoms with van der Waals surface area (Å²) in [6.07, 6.45) is -2.83. The van der Waals surface area contributed by atoms with Crippen molar-refractivity contribution in [2.24, 2.45) is 5.73 Å². The van der Waals surface area contributed by atoms with Crippen LogP contribution in [0.1, 0.15) is 22.0 Å². The Morgan fingerprint density at radius 3 is 2.63 bits per heavy atom. The molecule has 2 atom stereocenters. The average Bonchev–Trinajstić information content (AvgIpc) is 2.43. The molecule has 19 heavy (non-hydrogen) atoms. The molecule has 1 aromatic carbocycles. The molecule has 8 heteroatoms. The standard InChI is InChI=1S/C11H14N2O6/c1-19-11(16)6-2-3-7(8(4-6)13(17)18)10(15)9(14)5-12/h2-4,9-10,14-15H,5,12H2,1H3. The highest BCUT2D eigenvalue weighted by molar-refractivity contribution is 5.90. The van der Waals surface area contributed by atoms with Gasteiger partial charge in [0.25, 0.3) is 5.69 Å². The van der Waals surface area contributed by atoms with Gasteiger partial charge in [0.15, 0.2) is 0 Å². The van der Waals surface area contributed by atoms with Crippen LogP contribution in [0.2, 0.25) is 0 Å². The maximum atomic E-state index is 11.3. The van der Waals surface area contributed by atoms with Gasteiger partial charge in [-0.1, -0.05) is 0 Å². The van der Waals surface area contributed by atoms with Gasteiger partial charge in [-0.15, -0.1) is 0 Å². The molecule has 0 aliphatic heterocycles. The van der Waals surface area contributed by atoms with Gasteiger partial charge in [-0.3, -0.25) is 10.1 Å². The van der Waals surface area contributed by atoms with E-state index < -0.39 is 28.8 Å². The molecule has 8 nitrogen and oxygen atoms in total. The van der Waals surface area contributed by atoms with Crippen molar-refractivity contribution >= 4 is 11.7 Å². The lowest BCUT2D eigenvalue weighted by atomic mass is 10.0. The number of rotatable bonds is 5. The average molecular weight is 270 g/mol. The van der Waals surface area contributed by atoms with E-state index in [0.29, 0.717) is 0 Å². The Labute approximate surface area is 108 Å². The smallest absolute Gasteiger partial charge is 0.338 e. The van der Waals surface area contributed by atoms with Crippen LogP contribution in [0.4, 0.5) is 5.69 Å². The normalized spacial score (nSPS) is 13.7. The zero-order valence-electron chi connectivity index (χ0n) is 10.1. The van der Waals surface area contributed by atoms with Crippen LogP contribution in [0, 0.1) is 10.1 Å². The Kier molecular flexibility index (Phi) is 4.93. The minimum Gasteiger partial charge on any atom is -0.465 e. The second-order valence-electron chi connectivity index (χ2n) is 3.77. The number of nitrogens with zero attached hydrogens (tertiary/aromatic N) is 1. The maximum absolute atomic E-state index is 11.3. The highest BCUT2D eigenvalue weighted by Gasteiger charge is 2.26. The van der Waals surface area contributed by atoms with Crippen molar-refractivity contribution in [1.29, 1.82) is 0 Å². The summed E-state index contributed by atoms with van der Waals surface area (Å²) in [7, 11) is 1.15. The number of benzene rings is 1. The van der Waals surface area contributed by atoms with Crippen molar-refractivity contribution in [1.82, 2.24) is 0 Å². The number of hydrogen-bond donors (Lipinski definition) is 3. The lowest BCUT2D eigenvalue weighted by Gasteiger charge is -2.16. The van der Waals surface area contributed by atoms with Crippen molar-refractivity contribution in [3.63, 3.8) is 0 Å². The van der Waals surface area contributed by atoms with Crippen LogP contribution in [0.3, 0.4) is 0 Å². The SMILES string of the molecule is COC(=O)c1ccc(C(O)C(O)CN)c([N+](=O)[O-])c1. The predicted molar refractivity (Wildman–Crippen MR) is 64.5 cm³/mol. The summed E-state index contributed by atoms with van der Waals surface area (Å²) >= 11 is 0. The van der Waals surface area contributed by atoms with E-state index >= 15 is 0 Å². The molecular weight excluding hydrogens is 256 g/mol. The van der Waals surface area contributed by atoms with Gasteiger partial charge in [-0.05, 0) is 12.1 Å². The second-order valence-corrected chi connectivity index (χ2v) is 3.77. The molecule has 0 spiro atoms. The zero-order valence-corrected chi connectivity index (χ0v) is 10.1. The van der Waals surface area contributed by atoms with Gasteiger partial charge >= 0.3 is 5.97 Å². The van der Waals surface area contributed by atoms with Gasteiger partial charge in [-0.25, -0.2) is 4.79 Å². The van der Waals surface area contributed by atoms with Crippen LogP contribution < -0.4 is 5.73 Å². The minimum absolute atomic E-state index is 0.0209. The predicted octanol–water partition coefficient (Wildman–Crippen LogP) is -0.266. The fraction of sp³-hybridized carbons (Fsp3) is 0.364. The number of hydrogen-bond acceptors (Lipinski definition) is 7. The van der Waals surface area contributed by atoms with E-state index in [0.717, 1.165) is 13.2 Å². The molecule has 0 heterocycles. The van der Waals surface area contributed by atoms with Crippen molar-refractivity contribution in [3.05, 3.63) is 39.4 Å². The Balaban J connectivity index is 3.26. The van der Waals surface area contributed by atoms with Gasteiger partial charge in [0.2, 0.25) is 0 Å². The third kappa shape index (κ3) is 3.25. The number of nitro benzene ring substituents is 1. The largest absolute Gasteiger partial charge is 0.465 e. The van der Waals surface area contributed by atoms with Crippen molar-refractivity contribution in [2.75, 3.05) is 13.7 Å². The van der Waals surface area contributed by atoms with Crippen LogP contribution in [0.25, 0.3) is 0 Å². The van der Waals surface area contributed by atoms with E-state index in [4.69, 9.17) is 5.73 Å². The molecule has 104 valence electrons. The highest BCUT2D eigenvalue weighted by Crippen LogP contribution is 2.28. The van der Waals surface area contributed by atoms with E-state index in [2.05, 4.69) is 4.74 Å². The van der Waals surface area contributed by atoms with Crippen molar-refractivity contribution < 1.29 is 24.7 Å². The first kappa shape index (κ1) is 15.0. The number of methoxy groups -OCH3 is 1. The summed E-state index contributed by atoms with van der Waals surface area (Å²) in [6.45, 7) is -0.253. The maximum Gasteiger partial charge on any atom is 0.338 e. The molecule has 1 rings (SSSR count). The van der Waals surface area contributed by atoms with E-state index in [9.17, 15) is 25.1 Å². The molecule has 0 aromatic heterocycles. The molecule has 0 saturated heterocycles. The summed E-state index contributed by atoms with van der Waals surface area (Å²) in [5, 5.41) is 30.1. The summed E-state index contributed by atoms with van der Waals surface area (Å²) in [5.41, 5.74) is 4.56. The fourth-order valence-electron chi connectivity index (χ4n) is 1.53. The third-order valence-corrected chi connectivity index (χ3v) is 2.57. The number of nitro groups is 1. The molecule has 2 unspecified atom stereocenters. The highest BCUT2D eigenvalue weighted by atomic mass is 16.6. The monoisotopic (exact) mass is 270 g/mol. The van der Waals surface area contributed by atoms with Gasteiger partial charge in [0.05, 0.1) is 29.3 Å². The lowest BCUT2D eigenvalue weighted by molar-refractivity contribution is -0.386. The Bertz CT molecular complexity index is 490. The molecule has 1 aromatic rings. The molecular formula is C11H14N2O6. The van der Waals surface area contributed by atoms with E-state index in [1.165, 1.54) is 12.1 Å². The van der Waals surface area contributed by atoms with Crippen molar-refractivity contribution in [2.45, 2.75) is 12.2 Å². The molecule has 0 aliphatic rings. The second kappa shape index (κ2) is 6.23.